The molecule has 0 spiro atoms. The van der Waals surface area contributed by atoms with Gasteiger partial charge in [-0.2, -0.15) is 0 Å². The summed E-state index contributed by atoms with van der Waals surface area (Å²) in [6, 6.07) is 17.1. The zero-order valence-corrected chi connectivity index (χ0v) is 17.9. The summed E-state index contributed by atoms with van der Waals surface area (Å²) in [6.07, 6.45) is 3.68. The minimum atomic E-state index is -0.331. The van der Waals surface area contributed by atoms with Crippen LogP contribution < -0.4 is 9.64 Å². The SMILES string of the molecule is CCCCOc1cccc(C(=O)N(Cc2ccccn2)c2nc3ccc(F)cc3s2)c1. The van der Waals surface area contributed by atoms with Crippen molar-refractivity contribution in [2.75, 3.05) is 11.5 Å². The monoisotopic (exact) mass is 435 g/mol. The highest BCUT2D eigenvalue weighted by atomic mass is 32.1. The van der Waals surface area contributed by atoms with E-state index in [9.17, 15) is 9.18 Å². The van der Waals surface area contributed by atoms with Crippen molar-refractivity contribution in [2.24, 2.45) is 0 Å². The van der Waals surface area contributed by atoms with Gasteiger partial charge in [-0.15, -0.1) is 0 Å². The van der Waals surface area contributed by atoms with Gasteiger partial charge in [-0.1, -0.05) is 36.8 Å². The summed E-state index contributed by atoms with van der Waals surface area (Å²) in [6.45, 7) is 2.96. The molecule has 0 saturated heterocycles. The predicted octanol–water partition coefficient (Wildman–Crippen LogP) is 5.86. The molecule has 31 heavy (non-hydrogen) atoms. The number of ether oxygens (including phenoxy) is 1. The molecule has 0 aliphatic rings. The molecule has 0 unspecified atom stereocenters. The Kier molecular flexibility index (Phi) is 6.52. The molecule has 0 aliphatic carbocycles. The van der Waals surface area contributed by atoms with Gasteiger partial charge in [0.15, 0.2) is 5.13 Å². The molecule has 4 rings (SSSR count). The molecule has 0 fully saturated rings. The Hall–Kier alpha value is -3.32. The molecule has 2 heterocycles. The van der Waals surface area contributed by atoms with E-state index in [1.807, 2.05) is 24.3 Å². The molecule has 0 atom stereocenters. The molecular formula is C24H22FN3O2S. The fourth-order valence-corrected chi connectivity index (χ4v) is 4.08. The first-order valence-corrected chi connectivity index (χ1v) is 11.0. The third-order valence-corrected chi connectivity index (χ3v) is 5.75. The van der Waals surface area contributed by atoms with E-state index in [2.05, 4.69) is 16.9 Å². The highest BCUT2D eigenvalue weighted by molar-refractivity contribution is 7.22. The Balaban J connectivity index is 1.68. The molecule has 2 aromatic carbocycles. The van der Waals surface area contributed by atoms with E-state index in [1.165, 1.54) is 23.5 Å². The number of amides is 1. The molecule has 5 nitrogen and oxygen atoms in total. The average Bonchev–Trinajstić information content (AvgIpc) is 3.21. The normalized spacial score (nSPS) is 10.9. The number of hydrogen-bond donors (Lipinski definition) is 0. The Bertz CT molecular complexity index is 1180. The van der Waals surface area contributed by atoms with Crippen molar-refractivity contribution >= 4 is 32.6 Å². The van der Waals surface area contributed by atoms with Crippen LogP contribution in [-0.4, -0.2) is 22.5 Å². The van der Waals surface area contributed by atoms with Crippen molar-refractivity contribution in [3.8, 4) is 5.75 Å². The van der Waals surface area contributed by atoms with Crippen LogP contribution in [0.15, 0.2) is 66.9 Å². The molecule has 0 saturated carbocycles. The number of rotatable bonds is 8. The van der Waals surface area contributed by atoms with Gasteiger partial charge in [0, 0.05) is 11.8 Å². The molecule has 0 aliphatic heterocycles. The van der Waals surface area contributed by atoms with Crippen molar-refractivity contribution in [1.29, 1.82) is 0 Å². The zero-order valence-electron chi connectivity index (χ0n) is 17.1. The highest BCUT2D eigenvalue weighted by Crippen LogP contribution is 2.31. The number of carbonyl (C=O) groups is 1. The Morgan fingerprint density at radius 2 is 2.03 bits per heavy atom. The molecule has 4 aromatic rings. The van der Waals surface area contributed by atoms with Gasteiger partial charge in [0.2, 0.25) is 0 Å². The Morgan fingerprint density at radius 3 is 2.84 bits per heavy atom. The maximum Gasteiger partial charge on any atom is 0.260 e. The molecule has 0 bridgehead atoms. The van der Waals surface area contributed by atoms with Crippen LogP contribution in [0.3, 0.4) is 0 Å². The third-order valence-electron chi connectivity index (χ3n) is 4.71. The molecular weight excluding hydrogens is 413 g/mol. The molecule has 7 heteroatoms. The smallest absolute Gasteiger partial charge is 0.260 e. The van der Waals surface area contributed by atoms with Crippen LogP contribution in [0.2, 0.25) is 0 Å². The summed E-state index contributed by atoms with van der Waals surface area (Å²) in [7, 11) is 0. The van der Waals surface area contributed by atoms with Gasteiger partial charge in [0.1, 0.15) is 11.6 Å². The van der Waals surface area contributed by atoms with Crippen LogP contribution in [0, 0.1) is 5.82 Å². The fraction of sp³-hybridized carbons (Fsp3) is 0.208. The van der Waals surface area contributed by atoms with E-state index in [0.29, 0.717) is 33.3 Å². The van der Waals surface area contributed by atoms with Crippen LogP contribution in [0.4, 0.5) is 9.52 Å². The lowest BCUT2D eigenvalue weighted by atomic mass is 10.2. The largest absolute Gasteiger partial charge is 0.494 e. The summed E-state index contributed by atoms with van der Waals surface area (Å²) in [5, 5.41) is 0.494. The second-order valence-corrected chi connectivity index (χ2v) is 8.06. The standard InChI is InChI=1S/C24H22FN3O2S/c1-2-3-13-30-20-9-6-7-17(14-20)23(29)28(16-19-8-4-5-12-26-19)24-27-21-11-10-18(25)15-22(21)31-24/h4-12,14-15H,2-3,13,16H2,1H3. The van der Waals surface area contributed by atoms with Gasteiger partial charge >= 0.3 is 0 Å². The van der Waals surface area contributed by atoms with Crippen LogP contribution in [0.1, 0.15) is 35.8 Å². The number of benzene rings is 2. The molecule has 1 amide bonds. The van der Waals surface area contributed by atoms with Crippen molar-refractivity contribution in [3.05, 3.63) is 83.9 Å². The zero-order chi connectivity index (χ0) is 21.6. The predicted molar refractivity (Wildman–Crippen MR) is 121 cm³/mol. The van der Waals surface area contributed by atoms with Gasteiger partial charge in [0.25, 0.3) is 5.91 Å². The van der Waals surface area contributed by atoms with Crippen molar-refractivity contribution in [1.82, 2.24) is 9.97 Å². The first kappa shape index (κ1) is 20.9. The maximum atomic E-state index is 13.7. The van der Waals surface area contributed by atoms with E-state index in [1.54, 1.807) is 35.4 Å². The van der Waals surface area contributed by atoms with E-state index in [0.717, 1.165) is 18.5 Å². The van der Waals surface area contributed by atoms with E-state index >= 15 is 0 Å². The van der Waals surface area contributed by atoms with Crippen molar-refractivity contribution in [3.63, 3.8) is 0 Å². The molecule has 158 valence electrons. The van der Waals surface area contributed by atoms with Gasteiger partial charge in [-0.05, 0) is 55.0 Å². The highest BCUT2D eigenvalue weighted by Gasteiger charge is 2.23. The number of carbonyl (C=O) groups excluding carboxylic acids is 1. The number of pyridine rings is 1. The first-order valence-electron chi connectivity index (χ1n) is 10.1. The third kappa shape index (κ3) is 5.06. The number of thiazole rings is 1. The summed E-state index contributed by atoms with van der Waals surface area (Å²) in [5.41, 5.74) is 1.88. The lowest BCUT2D eigenvalue weighted by Crippen LogP contribution is -2.30. The van der Waals surface area contributed by atoms with E-state index in [4.69, 9.17) is 4.74 Å². The fourth-order valence-electron chi connectivity index (χ4n) is 3.09. The first-order chi connectivity index (χ1) is 15.1. The lowest BCUT2D eigenvalue weighted by molar-refractivity contribution is 0.0984. The average molecular weight is 436 g/mol. The second kappa shape index (κ2) is 9.66. The molecule has 0 radical (unpaired) electrons. The minimum Gasteiger partial charge on any atom is -0.494 e. The summed E-state index contributed by atoms with van der Waals surface area (Å²) in [5.74, 6) is 0.108. The van der Waals surface area contributed by atoms with Gasteiger partial charge in [-0.3, -0.25) is 14.7 Å². The van der Waals surface area contributed by atoms with E-state index in [-0.39, 0.29) is 18.3 Å². The number of unbranched alkanes of at least 4 members (excludes halogenated alkanes) is 1. The number of aromatic nitrogens is 2. The van der Waals surface area contributed by atoms with Gasteiger partial charge in [-0.25, -0.2) is 9.37 Å². The maximum absolute atomic E-state index is 13.7. The molecule has 2 aromatic heterocycles. The lowest BCUT2D eigenvalue weighted by Gasteiger charge is -2.20. The number of hydrogen-bond acceptors (Lipinski definition) is 5. The van der Waals surface area contributed by atoms with Crippen molar-refractivity contribution in [2.45, 2.75) is 26.3 Å². The van der Waals surface area contributed by atoms with Gasteiger partial charge in [0.05, 0.1) is 29.1 Å². The van der Waals surface area contributed by atoms with Crippen LogP contribution >= 0.6 is 11.3 Å². The van der Waals surface area contributed by atoms with Crippen LogP contribution in [0.5, 0.6) is 5.75 Å². The number of nitrogens with zero attached hydrogens (tertiary/aromatic N) is 3. The van der Waals surface area contributed by atoms with E-state index < -0.39 is 0 Å². The molecule has 0 N–H and O–H groups in total. The Morgan fingerprint density at radius 1 is 1.13 bits per heavy atom. The van der Waals surface area contributed by atoms with Crippen molar-refractivity contribution < 1.29 is 13.9 Å². The quantitative estimate of drug-likeness (QED) is 0.326. The summed E-state index contributed by atoms with van der Waals surface area (Å²) >= 11 is 1.28. The number of halogens is 1. The minimum absolute atomic E-state index is 0.217. The second-order valence-electron chi connectivity index (χ2n) is 7.05. The topological polar surface area (TPSA) is 55.3 Å². The number of anilines is 1. The van der Waals surface area contributed by atoms with Crippen LogP contribution in [0.25, 0.3) is 10.2 Å². The summed E-state index contributed by atoms with van der Waals surface area (Å²) in [4.78, 5) is 24.0. The number of fused-ring (bicyclic) bond motifs is 1. The summed E-state index contributed by atoms with van der Waals surface area (Å²) < 4.78 is 20.1. The van der Waals surface area contributed by atoms with Gasteiger partial charge < -0.3 is 4.74 Å². The Labute approximate surface area is 184 Å². The van der Waals surface area contributed by atoms with Crippen LogP contribution in [-0.2, 0) is 6.54 Å².